The van der Waals surface area contributed by atoms with Crippen LogP contribution in [0.25, 0.3) is 20.3 Å². The van der Waals surface area contributed by atoms with Crippen LogP contribution < -0.4 is 5.32 Å². The van der Waals surface area contributed by atoms with E-state index in [1.54, 1.807) is 17.7 Å². The first kappa shape index (κ1) is 17.6. The Morgan fingerprint density at radius 1 is 1.19 bits per heavy atom. The van der Waals surface area contributed by atoms with E-state index in [4.69, 9.17) is 0 Å². The fourth-order valence-electron chi connectivity index (χ4n) is 3.98. The smallest absolute Gasteiger partial charge is 0.139 e. The average Bonchev–Trinajstić information content (AvgIpc) is 3.01. The molecule has 26 heavy (non-hydrogen) atoms. The fraction of sp³-hybridized carbons (Fsp3) is 0.500. The number of anilines is 1. The van der Waals surface area contributed by atoms with Crippen LogP contribution in [0.4, 0.5) is 5.82 Å². The maximum absolute atomic E-state index is 9.25. The van der Waals surface area contributed by atoms with Crippen LogP contribution in [0.1, 0.15) is 31.2 Å². The predicted octanol–water partition coefficient (Wildman–Crippen LogP) is 3.66. The molecular weight excluding hydrogens is 344 g/mol. The highest BCUT2D eigenvalue weighted by Crippen LogP contribution is 2.37. The molecule has 0 atom stereocenters. The van der Waals surface area contributed by atoms with Gasteiger partial charge in [0, 0.05) is 28.8 Å². The van der Waals surface area contributed by atoms with Crippen molar-refractivity contribution in [1.29, 1.82) is 0 Å². The molecule has 1 saturated carbocycles. The summed E-state index contributed by atoms with van der Waals surface area (Å²) in [4.78, 5) is 12.4. The van der Waals surface area contributed by atoms with Gasteiger partial charge in [0.2, 0.25) is 0 Å². The predicted molar refractivity (Wildman–Crippen MR) is 109 cm³/mol. The van der Waals surface area contributed by atoms with Gasteiger partial charge in [0.1, 0.15) is 17.0 Å². The molecule has 1 fully saturated rings. The lowest BCUT2D eigenvalue weighted by atomic mass is 9.90. The first-order valence-corrected chi connectivity index (χ1v) is 10.2. The summed E-state index contributed by atoms with van der Waals surface area (Å²) in [6.07, 6.45) is 7.14. The number of nitrogens with zero attached hydrogens (tertiary/aromatic N) is 3. The molecule has 2 heterocycles. The minimum absolute atomic E-state index is 0.171. The maximum Gasteiger partial charge on any atom is 0.139 e. The van der Waals surface area contributed by atoms with Crippen molar-refractivity contribution in [3.63, 3.8) is 0 Å². The van der Waals surface area contributed by atoms with Crippen molar-refractivity contribution < 1.29 is 5.11 Å². The van der Waals surface area contributed by atoms with Crippen LogP contribution in [-0.4, -0.2) is 52.8 Å². The summed E-state index contributed by atoms with van der Waals surface area (Å²) in [7, 11) is 4.35. The number of nitrogens with one attached hydrogen (secondary N) is 1. The third-order valence-corrected chi connectivity index (χ3v) is 6.58. The Morgan fingerprint density at radius 3 is 2.73 bits per heavy atom. The lowest BCUT2D eigenvalue weighted by Crippen LogP contribution is -2.36. The first-order chi connectivity index (χ1) is 12.7. The van der Waals surface area contributed by atoms with Crippen molar-refractivity contribution in [2.75, 3.05) is 26.0 Å². The van der Waals surface area contributed by atoms with Crippen LogP contribution >= 0.6 is 11.3 Å². The second-order valence-corrected chi connectivity index (χ2v) is 8.45. The summed E-state index contributed by atoms with van der Waals surface area (Å²) in [5.41, 5.74) is 1.15. The molecule has 0 spiro atoms. The van der Waals surface area contributed by atoms with E-state index in [9.17, 15) is 5.11 Å². The average molecular weight is 371 g/mol. The van der Waals surface area contributed by atoms with Crippen molar-refractivity contribution >= 4 is 37.5 Å². The minimum atomic E-state index is 0.171. The van der Waals surface area contributed by atoms with Gasteiger partial charge in [-0.2, -0.15) is 0 Å². The summed E-state index contributed by atoms with van der Waals surface area (Å²) < 4.78 is 1.22. The lowest BCUT2D eigenvalue weighted by molar-refractivity contribution is 0.221. The maximum atomic E-state index is 9.25. The number of hydrogen-bond acceptors (Lipinski definition) is 6. The zero-order valence-corrected chi connectivity index (χ0v) is 16.2. The van der Waals surface area contributed by atoms with Gasteiger partial charge in [-0.3, -0.25) is 0 Å². The first-order valence-electron chi connectivity index (χ1n) is 9.35. The van der Waals surface area contributed by atoms with E-state index in [1.807, 2.05) is 0 Å². The summed E-state index contributed by atoms with van der Waals surface area (Å²) >= 11 is 1.71. The number of benzene rings is 1. The van der Waals surface area contributed by atoms with E-state index in [0.717, 1.165) is 21.6 Å². The molecule has 1 aliphatic rings. The monoisotopic (exact) mass is 370 g/mol. The van der Waals surface area contributed by atoms with Crippen LogP contribution in [0.15, 0.2) is 24.5 Å². The molecule has 0 bridgehead atoms. The molecule has 3 aromatic rings. The normalized spacial score (nSPS) is 20.9. The summed E-state index contributed by atoms with van der Waals surface area (Å²) in [5, 5.41) is 15.3. The lowest BCUT2D eigenvalue weighted by Gasteiger charge is -2.33. The number of hydrogen-bond donors (Lipinski definition) is 2. The van der Waals surface area contributed by atoms with E-state index in [0.29, 0.717) is 18.5 Å². The Labute approximate surface area is 158 Å². The van der Waals surface area contributed by atoms with Crippen LogP contribution in [0.5, 0.6) is 0 Å². The summed E-state index contributed by atoms with van der Waals surface area (Å²) in [6.45, 7) is 0.171. The van der Waals surface area contributed by atoms with Crippen LogP contribution in [0.2, 0.25) is 0 Å². The van der Waals surface area contributed by atoms with E-state index < -0.39 is 0 Å². The number of fused-ring (bicyclic) bond motifs is 3. The van der Waals surface area contributed by atoms with Gasteiger partial charge in [0.15, 0.2) is 0 Å². The zero-order valence-electron chi connectivity index (χ0n) is 15.4. The van der Waals surface area contributed by atoms with E-state index >= 15 is 0 Å². The van der Waals surface area contributed by atoms with Crippen molar-refractivity contribution in [3.05, 3.63) is 30.1 Å². The van der Waals surface area contributed by atoms with Crippen molar-refractivity contribution in [1.82, 2.24) is 14.9 Å². The topological polar surface area (TPSA) is 61.3 Å². The quantitative estimate of drug-likeness (QED) is 0.718. The van der Waals surface area contributed by atoms with E-state index in [1.165, 1.54) is 35.8 Å². The summed E-state index contributed by atoms with van der Waals surface area (Å²) in [6, 6.07) is 7.58. The largest absolute Gasteiger partial charge is 0.396 e. The Bertz CT molecular complexity index is 899. The zero-order chi connectivity index (χ0) is 18.1. The van der Waals surface area contributed by atoms with Gasteiger partial charge in [0.25, 0.3) is 0 Å². The Hall–Kier alpha value is -1.76. The Balaban J connectivity index is 1.64. The molecule has 1 aliphatic carbocycles. The van der Waals surface area contributed by atoms with Crippen LogP contribution in [-0.2, 0) is 6.42 Å². The molecule has 138 valence electrons. The highest BCUT2D eigenvalue weighted by molar-refractivity contribution is 7.25. The van der Waals surface area contributed by atoms with Crippen molar-refractivity contribution in [3.8, 4) is 0 Å². The highest BCUT2D eigenvalue weighted by Gasteiger charge is 2.23. The second kappa shape index (κ2) is 7.47. The van der Waals surface area contributed by atoms with Gasteiger partial charge >= 0.3 is 0 Å². The molecule has 2 N–H and O–H groups in total. The number of rotatable bonds is 5. The number of aliphatic hydroxyl groups excluding tert-OH is 1. The van der Waals surface area contributed by atoms with Crippen molar-refractivity contribution in [2.45, 2.75) is 44.2 Å². The number of aromatic nitrogens is 2. The third kappa shape index (κ3) is 3.41. The van der Waals surface area contributed by atoms with E-state index in [2.05, 4.69) is 52.5 Å². The Kier molecular flexibility index (Phi) is 5.07. The SMILES string of the molecule is CN(C)[C@H]1CC[C@H](Nc2ncnc3sc4ccc(CCO)cc4c23)CC1. The molecule has 0 unspecified atom stereocenters. The van der Waals surface area contributed by atoms with Crippen LogP contribution in [0.3, 0.4) is 0 Å². The van der Waals surface area contributed by atoms with Crippen LogP contribution in [0, 0.1) is 0 Å². The molecule has 0 amide bonds. The third-order valence-electron chi connectivity index (χ3n) is 5.50. The molecule has 4 rings (SSSR count). The molecule has 0 radical (unpaired) electrons. The second-order valence-electron chi connectivity index (χ2n) is 7.42. The number of thiophene rings is 1. The van der Waals surface area contributed by atoms with Gasteiger partial charge in [-0.15, -0.1) is 11.3 Å². The fourth-order valence-corrected chi connectivity index (χ4v) is 5.00. The van der Waals surface area contributed by atoms with Gasteiger partial charge in [-0.05, 0) is 63.9 Å². The van der Waals surface area contributed by atoms with E-state index in [-0.39, 0.29) is 6.61 Å². The summed E-state index contributed by atoms with van der Waals surface area (Å²) in [5.74, 6) is 0.954. The molecule has 1 aromatic carbocycles. The molecular formula is C20H26N4OS. The number of aliphatic hydroxyl groups is 1. The van der Waals surface area contributed by atoms with Crippen molar-refractivity contribution in [2.24, 2.45) is 0 Å². The van der Waals surface area contributed by atoms with Gasteiger partial charge in [-0.1, -0.05) is 6.07 Å². The minimum Gasteiger partial charge on any atom is -0.396 e. The highest BCUT2D eigenvalue weighted by atomic mass is 32.1. The molecule has 0 saturated heterocycles. The molecule has 6 heteroatoms. The molecule has 0 aliphatic heterocycles. The Morgan fingerprint density at radius 2 is 2.00 bits per heavy atom. The van der Waals surface area contributed by atoms with Gasteiger partial charge < -0.3 is 15.3 Å². The van der Waals surface area contributed by atoms with Gasteiger partial charge in [0.05, 0.1) is 5.39 Å². The van der Waals surface area contributed by atoms with Gasteiger partial charge in [-0.25, -0.2) is 9.97 Å². The standard InChI is InChI=1S/C20H26N4OS/c1-24(2)15-6-4-14(5-7-15)23-19-18-16-11-13(9-10-25)3-8-17(16)26-20(18)22-12-21-19/h3,8,11-12,14-15,25H,4-7,9-10H2,1-2H3,(H,21,22,23)/t14-,15-. The molecule has 5 nitrogen and oxygen atoms in total. The molecule has 2 aromatic heterocycles.